The molecule has 208 valence electrons. The first-order valence-corrected chi connectivity index (χ1v) is 15.7. The molecule has 2 aromatic heterocycles. The molecule has 6 rings (SSSR count). The van der Waals surface area contributed by atoms with Gasteiger partial charge in [0.25, 0.3) is 0 Å². The molecule has 3 nitrogen and oxygen atoms in total. The second kappa shape index (κ2) is 11.5. The van der Waals surface area contributed by atoms with Gasteiger partial charge in [-0.25, -0.2) is 0 Å². The van der Waals surface area contributed by atoms with Crippen molar-refractivity contribution < 1.29 is 4.79 Å². The van der Waals surface area contributed by atoms with Crippen LogP contribution < -0.4 is 0 Å². The zero-order valence-corrected chi connectivity index (χ0v) is 27.1. The summed E-state index contributed by atoms with van der Waals surface area (Å²) < 4.78 is 1.96. The SMILES string of the molecule is Cc1nc2ccc(Br)cc2c(-c2ccccc2)c1C(C)C(=O)C(C)c1c(C)nc2ccc(Br)cc2c1-c1ccccc1. The number of nitrogens with zero attached hydrogens (tertiary/aromatic N) is 2. The molecule has 2 atom stereocenters. The van der Waals surface area contributed by atoms with Crippen LogP contribution in [-0.2, 0) is 4.79 Å². The second-order valence-electron chi connectivity index (χ2n) is 10.9. The third-order valence-electron chi connectivity index (χ3n) is 8.19. The molecule has 0 fully saturated rings. The molecular formula is C37H30Br2N2O. The van der Waals surface area contributed by atoms with Gasteiger partial charge in [-0.15, -0.1) is 0 Å². The van der Waals surface area contributed by atoms with Crippen molar-refractivity contribution in [1.29, 1.82) is 0 Å². The normalized spacial score (nSPS) is 12.9. The molecule has 2 unspecified atom stereocenters. The van der Waals surface area contributed by atoms with E-state index in [-0.39, 0.29) is 5.78 Å². The molecule has 0 amide bonds. The first-order chi connectivity index (χ1) is 20.2. The van der Waals surface area contributed by atoms with Gasteiger partial charge in [0.05, 0.1) is 11.0 Å². The maximum atomic E-state index is 14.6. The highest BCUT2D eigenvalue weighted by atomic mass is 79.9. The molecule has 42 heavy (non-hydrogen) atoms. The van der Waals surface area contributed by atoms with Crippen molar-refractivity contribution in [2.24, 2.45) is 0 Å². The minimum atomic E-state index is -0.396. The minimum Gasteiger partial charge on any atom is -0.298 e. The highest BCUT2D eigenvalue weighted by molar-refractivity contribution is 9.10. The van der Waals surface area contributed by atoms with Crippen molar-refractivity contribution in [2.75, 3.05) is 0 Å². The Morgan fingerprint density at radius 3 is 1.36 bits per heavy atom. The van der Waals surface area contributed by atoms with Crippen LogP contribution in [0, 0.1) is 13.8 Å². The lowest BCUT2D eigenvalue weighted by molar-refractivity contribution is -0.121. The monoisotopic (exact) mass is 676 g/mol. The lowest BCUT2D eigenvalue weighted by Crippen LogP contribution is -2.20. The van der Waals surface area contributed by atoms with Crippen LogP contribution in [0.15, 0.2) is 106 Å². The number of aryl methyl sites for hydroxylation is 2. The standard InChI is InChI=1S/C37H30Br2N2O/c1-21(33-23(3)40-31-17-15-27(38)19-29(31)35(33)25-11-7-5-8-12-25)37(42)22(2)34-24(4)41-32-18-16-28(39)20-30(32)36(34)26-13-9-6-10-14-26/h5-22H,1-4H3. The average Bonchev–Trinajstić information content (AvgIpc) is 3.00. The van der Waals surface area contributed by atoms with Gasteiger partial charge < -0.3 is 0 Å². The minimum absolute atomic E-state index is 0.142. The van der Waals surface area contributed by atoms with E-state index in [4.69, 9.17) is 9.97 Å². The molecule has 0 N–H and O–H groups in total. The predicted octanol–water partition coefficient (Wildman–Crippen LogP) is 10.7. The van der Waals surface area contributed by atoms with E-state index in [1.165, 1.54) is 0 Å². The molecule has 0 saturated heterocycles. The van der Waals surface area contributed by atoms with E-state index in [9.17, 15) is 4.79 Å². The highest BCUT2D eigenvalue weighted by Gasteiger charge is 2.31. The number of Topliss-reactive ketones (excluding diaryl/α,β-unsaturated/α-hetero) is 1. The number of rotatable bonds is 6. The van der Waals surface area contributed by atoms with E-state index in [2.05, 4.69) is 68.3 Å². The van der Waals surface area contributed by atoms with Crippen molar-refractivity contribution in [2.45, 2.75) is 39.5 Å². The number of ketones is 1. The second-order valence-corrected chi connectivity index (χ2v) is 12.7. The lowest BCUT2D eigenvalue weighted by Gasteiger charge is -2.25. The Balaban J connectivity index is 1.56. The summed E-state index contributed by atoms with van der Waals surface area (Å²) in [6.07, 6.45) is 0. The summed E-state index contributed by atoms with van der Waals surface area (Å²) >= 11 is 7.32. The summed E-state index contributed by atoms with van der Waals surface area (Å²) in [7, 11) is 0. The fourth-order valence-corrected chi connectivity index (χ4v) is 7.02. The number of aromatic nitrogens is 2. The van der Waals surface area contributed by atoms with E-state index in [1.807, 2.05) is 88.4 Å². The van der Waals surface area contributed by atoms with Crippen LogP contribution >= 0.6 is 31.9 Å². The van der Waals surface area contributed by atoms with Gasteiger partial charge >= 0.3 is 0 Å². The zero-order chi connectivity index (χ0) is 29.5. The van der Waals surface area contributed by atoms with Crippen LogP contribution in [0.25, 0.3) is 44.1 Å². The Hall–Kier alpha value is -3.67. The maximum Gasteiger partial charge on any atom is 0.147 e. The van der Waals surface area contributed by atoms with E-state index in [0.717, 1.165) is 75.5 Å². The number of hydrogen-bond acceptors (Lipinski definition) is 3. The van der Waals surface area contributed by atoms with E-state index in [0.29, 0.717) is 0 Å². The van der Waals surface area contributed by atoms with Gasteiger partial charge in [0.1, 0.15) is 5.78 Å². The van der Waals surface area contributed by atoms with Crippen LogP contribution in [0.5, 0.6) is 0 Å². The number of carbonyl (C=O) groups is 1. The number of carbonyl (C=O) groups excluding carboxylic acids is 1. The molecule has 0 radical (unpaired) electrons. The van der Waals surface area contributed by atoms with Gasteiger partial charge in [-0.05, 0) is 83.6 Å². The molecule has 2 heterocycles. The summed E-state index contributed by atoms with van der Waals surface area (Å²) in [4.78, 5) is 24.6. The molecular weight excluding hydrogens is 648 g/mol. The Bertz CT molecular complexity index is 1830. The number of hydrogen-bond donors (Lipinski definition) is 0. The molecule has 0 aliphatic rings. The summed E-state index contributed by atoms with van der Waals surface area (Å²) in [5, 5.41) is 2.06. The zero-order valence-electron chi connectivity index (χ0n) is 24.0. The van der Waals surface area contributed by atoms with E-state index in [1.54, 1.807) is 0 Å². The molecule has 5 heteroatoms. The van der Waals surface area contributed by atoms with Crippen molar-refractivity contribution >= 4 is 59.4 Å². The average molecular weight is 678 g/mol. The molecule has 0 saturated carbocycles. The Labute approximate surface area is 263 Å². The molecule has 4 aromatic carbocycles. The molecule has 0 spiro atoms. The summed E-state index contributed by atoms with van der Waals surface area (Å²) in [6, 6.07) is 33.0. The Morgan fingerprint density at radius 1 is 0.595 bits per heavy atom. The summed E-state index contributed by atoms with van der Waals surface area (Å²) in [6.45, 7) is 8.10. The van der Waals surface area contributed by atoms with Gasteiger partial charge in [0, 0.05) is 42.9 Å². The van der Waals surface area contributed by atoms with Gasteiger partial charge in [0.15, 0.2) is 0 Å². The van der Waals surface area contributed by atoms with Crippen molar-refractivity contribution in [3.63, 3.8) is 0 Å². The van der Waals surface area contributed by atoms with Crippen molar-refractivity contribution in [1.82, 2.24) is 9.97 Å². The topological polar surface area (TPSA) is 42.9 Å². The fourth-order valence-electron chi connectivity index (χ4n) is 6.30. The Kier molecular flexibility index (Phi) is 7.82. The number of pyridine rings is 2. The molecule has 0 aliphatic heterocycles. The molecule has 0 aliphatic carbocycles. The summed E-state index contributed by atoms with van der Waals surface area (Å²) in [5.41, 5.74) is 9.79. The van der Waals surface area contributed by atoms with Gasteiger partial charge in [-0.1, -0.05) is 106 Å². The summed E-state index contributed by atoms with van der Waals surface area (Å²) in [5.74, 6) is -0.650. The largest absolute Gasteiger partial charge is 0.298 e. The first kappa shape index (κ1) is 28.4. The number of halogens is 2. The van der Waals surface area contributed by atoms with Gasteiger partial charge in [-0.3, -0.25) is 14.8 Å². The van der Waals surface area contributed by atoms with E-state index >= 15 is 0 Å². The smallest absolute Gasteiger partial charge is 0.147 e. The predicted molar refractivity (Wildman–Crippen MR) is 181 cm³/mol. The van der Waals surface area contributed by atoms with Crippen molar-refractivity contribution in [3.8, 4) is 22.3 Å². The number of benzene rings is 4. The third-order valence-corrected chi connectivity index (χ3v) is 9.18. The first-order valence-electron chi connectivity index (χ1n) is 14.1. The van der Waals surface area contributed by atoms with Crippen LogP contribution in [0.1, 0.15) is 48.2 Å². The highest BCUT2D eigenvalue weighted by Crippen LogP contribution is 2.43. The quantitative estimate of drug-likeness (QED) is 0.176. The van der Waals surface area contributed by atoms with Gasteiger partial charge in [0.2, 0.25) is 0 Å². The van der Waals surface area contributed by atoms with Crippen LogP contribution in [0.2, 0.25) is 0 Å². The van der Waals surface area contributed by atoms with Crippen LogP contribution in [0.4, 0.5) is 0 Å². The fraction of sp³-hybridized carbons (Fsp3) is 0.162. The van der Waals surface area contributed by atoms with Gasteiger partial charge in [-0.2, -0.15) is 0 Å². The Morgan fingerprint density at radius 2 is 0.976 bits per heavy atom. The maximum absolute atomic E-state index is 14.6. The van der Waals surface area contributed by atoms with Crippen molar-refractivity contribution in [3.05, 3.63) is 129 Å². The molecule has 0 bridgehead atoms. The lowest BCUT2D eigenvalue weighted by atomic mass is 9.78. The number of fused-ring (bicyclic) bond motifs is 2. The molecule has 6 aromatic rings. The van der Waals surface area contributed by atoms with E-state index < -0.39 is 11.8 Å². The van der Waals surface area contributed by atoms with Crippen LogP contribution in [-0.4, -0.2) is 15.8 Å². The van der Waals surface area contributed by atoms with Crippen LogP contribution in [0.3, 0.4) is 0 Å². The third kappa shape index (κ3) is 5.10.